The number of allylic oxidation sites excluding steroid dienone is 3. The number of carbonyl (C=O) groups is 13. The van der Waals surface area contributed by atoms with Gasteiger partial charge in [0.05, 0.1) is 31.9 Å². The van der Waals surface area contributed by atoms with Gasteiger partial charge in [-0.1, -0.05) is 83.9 Å². The molecular formula is C65H103N13O21. The molecule has 19 atom stereocenters. The number of hydrogen-bond donors (Lipinski definition) is 17. The highest BCUT2D eigenvalue weighted by atomic mass is 16.5. The van der Waals surface area contributed by atoms with Crippen molar-refractivity contribution in [2.24, 2.45) is 35.1 Å². The summed E-state index contributed by atoms with van der Waals surface area (Å²) < 4.78 is 17.3. The average Bonchev–Trinajstić information content (AvgIpc) is 0.800. The molecule has 0 bridgehead atoms. The topological polar surface area (TPSA) is 526 Å². The number of nitrogens with zero attached hydrogens (tertiary/aromatic N) is 1. The first kappa shape index (κ1) is 84.6. The maximum atomic E-state index is 15.3. The number of phenolic OH excluding ortho intramolecular Hbond substituents is 1. The Labute approximate surface area is 575 Å². The maximum absolute atomic E-state index is 15.3. The molecule has 0 radical (unpaired) electrons. The predicted molar refractivity (Wildman–Crippen MR) is 354 cm³/mol. The van der Waals surface area contributed by atoms with E-state index in [2.05, 4.69) is 53.2 Å². The number of aromatic hydroxyl groups is 1. The molecule has 34 nitrogen and oxygen atoms in total. The van der Waals surface area contributed by atoms with Gasteiger partial charge >= 0.3 is 5.97 Å². The summed E-state index contributed by atoms with van der Waals surface area (Å²) in [5, 5.41) is 77.1. The SMILES string of the molecule is CCC(C)C=C(C)C=CC(O)C(C)(O)C(=O)NCC(=O)NC(C(=O)NC(C(=O)NC(C(=O)NC1C(=O)NC(COC)C(=O)NCC(=O)NC(C)C(=O)NC(C(C)O)C(=O)NC(C(OC)c2ccc(O)cc2)C(=O)N2CCCCC2C(=O)OC1C(C)C)C(C)C(C)C(N)=O)C(C)N)C(C)O. The summed E-state index contributed by atoms with van der Waals surface area (Å²) in [7, 11) is 2.36. The number of fused-ring (bicyclic) bond motifs is 1. The van der Waals surface area contributed by atoms with E-state index in [9.17, 15) is 68.7 Å². The van der Waals surface area contributed by atoms with E-state index in [-0.39, 0.29) is 36.6 Å². The van der Waals surface area contributed by atoms with Gasteiger partial charge in [-0.3, -0.25) is 57.5 Å². The smallest absolute Gasteiger partial charge is 0.329 e. The van der Waals surface area contributed by atoms with Crippen LogP contribution in [-0.4, -0.2) is 238 Å². The van der Waals surface area contributed by atoms with Gasteiger partial charge in [0.2, 0.25) is 65.0 Å². The molecule has 0 aliphatic carbocycles. The van der Waals surface area contributed by atoms with Crippen LogP contribution >= 0.6 is 0 Å². The highest BCUT2D eigenvalue weighted by molar-refractivity contribution is 6.00. The van der Waals surface area contributed by atoms with E-state index in [1.165, 1.54) is 85.1 Å². The first-order valence-electron chi connectivity index (χ1n) is 32.7. The Balaban J connectivity index is 2.17. The number of nitrogens with two attached hydrogens (primary N) is 2. The van der Waals surface area contributed by atoms with E-state index in [0.29, 0.717) is 6.42 Å². The van der Waals surface area contributed by atoms with Crippen molar-refractivity contribution in [3.05, 3.63) is 53.6 Å². The number of piperidine rings is 1. The molecule has 2 saturated heterocycles. The van der Waals surface area contributed by atoms with Gasteiger partial charge in [0.1, 0.15) is 78.4 Å². The lowest BCUT2D eigenvalue weighted by Gasteiger charge is -2.40. The lowest BCUT2D eigenvalue weighted by Crippen LogP contribution is -2.66. The van der Waals surface area contributed by atoms with Crippen LogP contribution in [0.25, 0.3) is 0 Å². The Morgan fingerprint density at radius 1 is 0.798 bits per heavy atom. The van der Waals surface area contributed by atoms with Crippen molar-refractivity contribution in [2.45, 2.75) is 205 Å². The van der Waals surface area contributed by atoms with Gasteiger partial charge in [0.25, 0.3) is 5.91 Å². The lowest BCUT2D eigenvalue weighted by molar-refractivity contribution is -0.168. The van der Waals surface area contributed by atoms with Crippen LogP contribution in [0, 0.1) is 23.7 Å². The first-order valence-corrected chi connectivity index (χ1v) is 32.7. The summed E-state index contributed by atoms with van der Waals surface area (Å²) in [6.07, 6.45) is -2.34. The molecule has 1 aromatic carbocycles. The van der Waals surface area contributed by atoms with Gasteiger partial charge in [-0.25, -0.2) is 4.79 Å². The van der Waals surface area contributed by atoms with Crippen molar-refractivity contribution in [1.29, 1.82) is 0 Å². The third-order valence-corrected chi connectivity index (χ3v) is 17.1. The normalized spacial score (nSPS) is 24.5. The molecule has 2 fully saturated rings. The van der Waals surface area contributed by atoms with E-state index in [1.807, 2.05) is 19.9 Å². The Morgan fingerprint density at radius 2 is 1.40 bits per heavy atom. The van der Waals surface area contributed by atoms with E-state index in [4.69, 9.17) is 25.7 Å². The molecule has 1 aromatic rings. The molecule has 2 heterocycles. The predicted octanol–water partition coefficient (Wildman–Crippen LogP) is -4.65. The zero-order valence-corrected chi connectivity index (χ0v) is 58.5. The number of amides is 12. The number of rotatable bonds is 27. The zero-order valence-electron chi connectivity index (χ0n) is 58.5. The third-order valence-electron chi connectivity index (χ3n) is 17.1. The summed E-state index contributed by atoms with van der Waals surface area (Å²) in [5.41, 5.74) is 10.5. The van der Waals surface area contributed by atoms with Crippen molar-refractivity contribution in [3.63, 3.8) is 0 Å². The molecular weight excluding hydrogens is 1300 g/mol. The zero-order chi connectivity index (χ0) is 75.1. The number of hydrogen-bond acceptors (Lipinski definition) is 22. The van der Waals surface area contributed by atoms with Crippen LogP contribution in [0.3, 0.4) is 0 Å². The number of carbonyl (C=O) groups excluding carboxylic acids is 13. The Hall–Kier alpha value is -8.67. The summed E-state index contributed by atoms with van der Waals surface area (Å²) in [5.74, 6) is -18.2. The first-order chi connectivity index (χ1) is 46.2. The number of phenols is 1. The van der Waals surface area contributed by atoms with Gasteiger partial charge in [0.15, 0.2) is 5.60 Å². The van der Waals surface area contributed by atoms with Crippen molar-refractivity contribution in [3.8, 4) is 5.75 Å². The van der Waals surface area contributed by atoms with E-state index in [1.54, 1.807) is 6.92 Å². The minimum absolute atomic E-state index is 0.0933. The molecule has 2 aliphatic rings. The molecule has 0 spiro atoms. The minimum Gasteiger partial charge on any atom is -0.508 e. The Bertz CT molecular complexity index is 3070. The second-order valence-electron chi connectivity index (χ2n) is 25.8. The molecule has 34 heteroatoms. The van der Waals surface area contributed by atoms with E-state index >= 15 is 19.2 Å². The number of aliphatic hydroxyl groups is 4. The molecule has 19 N–H and O–H groups in total. The van der Waals surface area contributed by atoms with Crippen LogP contribution in [-0.2, 0) is 76.5 Å². The second kappa shape index (κ2) is 39.2. The highest BCUT2D eigenvalue weighted by Gasteiger charge is 2.47. The molecule has 12 amide bonds. The summed E-state index contributed by atoms with van der Waals surface area (Å²) in [6, 6.07) is -12.1. The van der Waals surface area contributed by atoms with Crippen LogP contribution < -0.4 is 64.6 Å². The lowest BCUT2D eigenvalue weighted by atomic mass is 9.87. The van der Waals surface area contributed by atoms with Crippen LogP contribution in [0.2, 0.25) is 0 Å². The van der Waals surface area contributed by atoms with Gasteiger partial charge in [-0.2, -0.15) is 0 Å². The molecule has 19 unspecified atom stereocenters. The molecule has 0 aromatic heterocycles. The van der Waals surface area contributed by atoms with E-state index in [0.717, 1.165) is 44.8 Å². The average molecular weight is 1400 g/mol. The maximum Gasteiger partial charge on any atom is 0.329 e. The number of nitrogens with one attached hydrogen (secondary N) is 10. The standard InChI is InChI=1S/C65H103N13O21/c1-15-31(4)26-32(5)19-24-43(82)65(12,96)64(95)69-28-45(84)72-48(37(10)79)59(90)74-47(35(8)66)58(89)73-46(33(6)34(7)54(67)85)57(88)76-50-52(30(2)3)99-63(94)42-18-16-17-25-78(42)62(93)51(53(98-14)39-20-22-40(81)23-21-39)77-60(91)49(38(11)80)75-55(86)36(9)70-44(83)27-68-56(87)41(29-97-13)71-61(50)92/h19-24,26,30-31,33-38,41-43,46-53,79-82,96H,15-18,25,27-29,66H2,1-14H3,(H2,67,85)(H,68,87)(H,69,95)(H,70,83)(H,71,92)(H,72,84)(H,73,89)(H,74,90)(H,75,86)(H,76,88)(H,77,91). The van der Waals surface area contributed by atoms with Crippen LogP contribution in [0.1, 0.15) is 120 Å². The molecule has 99 heavy (non-hydrogen) atoms. The van der Waals surface area contributed by atoms with Gasteiger partial charge in [0, 0.05) is 32.7 Å². The van der Waals surface area contributed by atoms with Crippen LogP contribution in [0.5, 0.6) is 5.75 Å². The summed E-state index contributed by atoms with van der Waals surface area (Å²) in [4.78, 5) is 185. The van der Waals surface area contributed by atoms with Crippen molar-refractivity contribution in [1.82, 2.24) is 58.1 Å². The van der Waals surface area contributed by atoms with Crippen molar-refractivity contribution in [2.75, 3.05) is 40.5 Å². The fourth-order valence-electron chi connectivity index (χ4n) is 10.6. The number of aliphatic hydroxyl groups excluding tert-OH is 3. The van der Waals surface area contributed by atoms with Crippen molar-refractivity contribution >= 4 is 76.9 Å². The van der Waals surface area contributed by atoms with Crippen LogP contribution in [0.4, 0.5) is 0 Å². The highest BCUT2D eigenvalue weighted by Crippen LogP contribution is 2.29. The minimum atomic E-state index is -2.46. The fraction of sp³-hybridized carbons (Fsp3) is 0.646. The number of methoxy groups -OCH3 is 2. The summed E-state index contributed by atoms with van der Waals surface area (Å²) in [6.45, 7) is 14.5. The largest absolute Gasteiger partial charge is 0.508 e. The quantitative estimate of drug-likeness (QED) is 0.0291. The van der Waals surface area contributed by atoms with Crippen LogP contribution in [0.15, 0.2) is 48.1 Å². The molecule has 554 valence electrons. The number of primary amides is 1. The van der Waals surface area contributed by atoms with Gasteiger partial charge in [-0.15, -0.1) is 0 Å². The molecule has 3 rings (SSSR count). The molecule has 2 aliphatic heterocycles. The summed E-state index contributed by atoms with van der Waals surface area (Å²) >= 11 is 0. The number of esters is 1. The number of cyclic esters (lactones) is 1. The Morgan fingerprint density at radius 3 is 1.96 bits per heavy atom. The second-order valence-corrected chi connectivity index (χ2v) is 25.8. The Kier molecular flexibility index (Phi) is 33.5. The number of ether oxygens (including phenoxy) is 3. The molecule has 0 saturated carbocycles. The monoisotopic (exact) mass is 1400 g/mol. The van der Waals surface area contributed by atoms with Gasteiger partial charge in [-0.05, 0) is 96.3 Å². The van der Waals surface area contributed by atoms with Crippen molar-refractivity contribution < 1.29 is 102 Å². The fourth-order valence-corrected chi connectivity index (χ4v) is 10.6. The number of benzene rings is 1. The third kappa shape index (κ3) is 24.6. The van der Waals surface area contributed by atoms with Gasteiger partial charge < -0.3 is 109 Å². The van der Waals surface area contributed by atoms with E-state index < -0.39 is 211 Å².